The first-order chi connectivity index (χ1) is 15.9. The lowest BCUT2D eigenvalue weighted by Gasteiger charge is -2.37. The van der Waals surface area contributed by atoms with E-state index in [0.717, 1.165) is 70.6 Å². The molecule has 2 N–H and O–H groups in total. The number of carboxylic acids is 2. The second kappa shape index (κ2) is 12.2. The number of piperazine rings is 1. The van der Waals surface area contributed by atoms with Gasteiger partial charge in [0.2, 0.25) is 0 Å². The van der Waals surface area contributed by atoms with Crippen LogP contribution in [0.15, 0.2) is 41.3 Å². The van der Waals surface area contributed by atoms with Crippen LogP contribution in [-0.4, -0.2) is 78.7 Å². The SMILES string of the molecule is Clc1cccc(Cl)c1SCCN1CCN(c2cccc3c2OCCO3)CC1.O=C(O)C(=O)O. The van der Waals surface area contributed by atoms with E-state index in [1.54, 1.807) is 11.8 Å². The summed E-state index contributed by atoms with van der Waals surface area (Å²) < 4.78 is 11.6. The minimum absolute atomic E-state index is 0.617. The molecule has 0 radical (unpaired) electrons. The van der Waals surface area contributed by atoms with Crippen molar-refractivity contribution in [2.45, 2.75) is 4.90 Å². The molecule has 0 bridgehead atoms. The van der Waals surface area contributed by atoms with Gasteiger partial charge in [-0.1, -0.05) is 35.3 Å². The lowest BCUT2D eigenvalue weighted by molar-refractivity contribution is -0.159. The molecule has 0 aliphatic carbocycles. The van der Waals surface area contributed by atoms with Gasteiger partial charge in [0.05, 0.1) is 15.7 Å². The number of benzene rings is 2. The first kappa shape index (κ1) is 25.3. The van der Waals surface area contributed by atoms with Gasteiger partial charge in [-0.25, -0.2) is 9.59 Å². The molecule has 0 amide bonds. The highest BCUT2D eigenvalue weighted by molar-refractivity contribution is 7.99. The maximum absolute atomic E-state index is 9.10. The summed E-state index contributed by atoms with van der Waals surface area (Å²) in [5.74, 6) is -0.929. The topological polar surface area (TPSA) is 99.5 Å². The van der Waals surface area contributed by atoms with Crippen LogP contribution in [-0.2, 0) is 9.59 Å². The highest BCUT2D eigenvalue weighted by Crippen LogP contribution is 2.40. The molecule has 2 aliphatic rings. The molecule has 0 unspecified atom stereocenters. The zero-order valence-electron chi connectivity index (χ0n) is 17.7. The van der Waals surface area contributed by atoms with E-state index in [-0.39, 0.29) is 0 Å². The molecule has 0 saturated carbocycles. The fourth-order valence-electron chi connectivity index (χ4n) is 3.42. The highest BCUT2D eigenvalue weighted by atomic mass is 35.5. The van der Waals surface area contributed by atoms with Crippen LogP contribution >= 0.6 is 35.0 Å². The largest absolute Gasteiger partial charge is 0.486 e. The Morgan fingerprint density at radius 1 is 0.909 bits per heavy atom. The molecule has 8 nitrogen and oxygen atoms in total. The molecular formula is C22H24Cl2N2O6S. The molecule has 2 aromatic rings. The summed E-state index contributed by atoms with van der Waals surface area (Å²) >= 11 is 14.2. The molecule has 1 saturated heterocycles. The third kappa shape index (κ3) is 7.07. The number of anilines is 1. The Morgan fingerprint density at radius 2 is 1.52 bits per heavy atom. The second-order valence-corrected chi connectivity index (χ2v) is 9.06. The quantitative estimate of drug-likeness (QED) is 0.455. The summed E-state index contributed by atoms with van der Waals surface area (Å²) in [5, 5.41) is 16.2. The van der Waals surface area contributed by atoms with Gasteiger partial charge in [-0.15, -0.1) is 11.8 Å². The van der Waals surface area contributed by atoms with Crippen LogP contribution in [0.4, 0.5) is 5.69 Å². The number of ether oxygens (including phenoxy) is 2. The minimum atomic E-state index is -1.82. The van der Waals surface area contributed by atoms with Gasteiger partial charge in [-0.05, 0) is 24.3 Å². The van der Waals surface area contributed by atoms with Crippen molar-refractivity contribution in [2.75, 3.05) is 56.6 Å². The molecule has 178 valence electrons. The van der Waals surface area contributed by atoms with Crippen LogP contribution in [0.1, 0.15) is 0 Å². The number of rotatable bonds is 5. The number of nitrogens with zero attached hydrogens (tertiary/aromatic N) is 2. The maximum Gasteiger partial charge on any atom is 0.414 e. The lowest BCUT2D eigenvalue weighted by atomic mass is 10.2. The molecule has 0 atom stereocenters. The first-order valence-electron chi connectivity index (χ1n) is 10.3. The van der Waals surface area contributed by atoms with Crippen LogP contribution in [0.25, 0.3) is 0 Å². The number of hydrogen-bond donors (Lipinski definition) is 2. The minimum Gasteiger partial charge on any atom is -0.486 e. The zero-order valence-corrected chi connectivity index (χ0v) is 20.0. The summed E-state index contributed by atoms with van der Waals surface area (Å²) in [6.07, 6.45) is 0. The molecule has 2 aromatic carbocycles. The number of thioether (sulfide) groups is 1. The average Bonchev–Trinajstić information content (AvgIpc) is 2.81. The lowest BCUT2D eigenvalue weighted by Crippen LogP contribution is -2.47. The molecule has 2 heterocycles. The molecule has 2 aliphatic heterocycles. The van der Waals surface area contributed by atoms with Gasteiger partial charge in [0.25, 0.3) is 0 Å². The summed E-state index contributed by atoms with van der Waals surface area (Å²) in [5.41, 5.74) is 1.14. The third-order valence-corrected chi connectivity index (χ3v) is 6.98. The van der Waals surface area contributed by atoms with Crippen molar-refractivity contribution >= 4 is 52.6 Å². The predicted octanol–water partition coefficient (Wildman–Crippen LogP) is 3.83. The Kier molecular flexibility index (Phi) is 9.37. The first-order valence-corrected chi connectivity index (χ1v) is 12.0. The molecule has 0 aromatic heterocycles. The second-order valence-electron chi connectivity index (χ2n) is 7.14. The Balaban J connectivity index is 0.000000454. The van der Waals surface area contributed by atoms with Crippen LogP contribution in [0.2, 0.25) is 10.0 Å². The number of fused-ring (bicyclic) bond motifs is 1. The fraction of sp³-hybridized carbons (Fsp3) is 0.364. The average molecular weight is 515 g/mol. The van der Waals surface area contributed by atoms with Crippen molar-refractivity contribution in [3.63, 3.8) is 0 Å². The van der Waals surface area contributed by atoms with Crippen LogP contribution < -0.4 is 14.4 Å². The van der Waals surface area contributed by atoms with E-state index < -0.39 is 11.9 Å². The third-order valence-electron chi connectivity index (χ3n) is 5.01. The monoisotopic (exact) mass is 514 g/mol. The maximum atomic E-state index is 9.10. The van der Waals surface area contributed by atoms with Crippen molar-refractivity contribution in [1.82, 2.24) is 4.90 Å². The Morgan fingerprint density at radius 3 is 2.15 bits per heavy atom. The van der Waals surface area contributed by atoms with Gasteiger partial charge in [-0.2, -0.15) is 0 Å². The van der Waals surface area contributed by atoms with E-state index in [1.807, 2.05) is 30.3 Å². The van der Waals surface area contributed by atoms with E-state index >= 15 is 0 Å². The number of carbonyl (C=O) groups is 2. The number of halogens is 2. The standard InChI is InChI=1S/C20H22Cl2N2O2S.C2H2O4/c21-15-3-1-4-16(22)20(15)27-14-11-23-7-9-24(10-8-23)17-5-2-6-18-19(17)26-13-12-25-18;3-1(4)2(5)6/h1-6H,7-14H2;(H,3,4)(H,5,6). The summed E-state index contributed by atoms with van der Waals surface area (Å²) in [7, 11) is 0. The Bertz CT molecular complexity index is 953. The molecule has 33 heavy (non-hydrogen) atoms. The normalized spacial score (nSPS) is 15.4. The number of aliphatic carboxylic acids is 2. The smallest absolute Gasteiger partial charge is 0.414 e. The van der Waals surface area contributed by atoms with E-state index in [0.29, 0.717) is 13.2 Å². The van der Waals surface area contributed by atoms with Crippen molar-refractivity contribution in [3.8, 4) is 11.5 Å². The van der Waals surface area contributed by atoms with Gasteiger partial charge in [0, 0.05) is 43.4 Å². The van der Waals surface area contributed by atoms with Gasteiger partial charge in [0.1, 0.15) is 13.2 Å². The number of para-hydroxylation sites is 1. The van der Waals surface area contributed by atoms with Crippen molar-refractivity contribution in [3.05, 3.63) is 46.4 Å². The van der Waals surface area contributed by atoms with Crippen molar-refractivity contribution in [2.24, 2.45) is 0 Å². The van der Waals surface area contributed by atoms with Crippen LogP contribution in [0.5, 0.6) is 11.5 Å². The van der Waals surface area contributed by atoms with E-state index in [9.17, 15) is 0 Å². The van der Waals surface area contributed by atoms with Crippen molar-refractivity contribution in [1.29, 1.82) is 0 Å². The summed E-state index contributed by atoms with van der Waals surface area (Å²) in [6.45, 7) is 6.28. The van der Waals surface area contributed by atoms with Gasteiger partial charge in [0.15, 0.2) is 11.5 Å². The zero-order chi connectivity index (χ0) is 23.8. The van der Waals surface area contributed by atoms with Crippen LogP contribution in [0.3, 0.4) is 0 Å². The van der Waals surface area contributed by atoms with Crippen LogP contribution in [0, 0.1) is 0 Å². The summed E-state index contributed by atoms with van der Waals surface area (Å²) in [4.78, 5) is 24.1. The molecule has 1 fully saturated rings. The van der Waals surface area contributed by atoms with E-state index in [1.165, 1.54) is 0 Å². The predicted molar refractivity (Wildman–Crippen MR) is 129 cm³/mol. The fourth-order valence-corrected chi connectivity index (χ4v) is 5.11. The van der Waals surface area contributed by atoms with Gasteiger partial charge < -0.3 is 24.6 Å². The van der Waals surface area contributed by atoms with Gasteiger partial charge >= 0.3 is 11.9 Å². The Labute approximate surface area is 206 Å². The molecule has 0 spiro atoms. The Hall–Kier alpha value is -2.33. The van der Waals surface area contributed by atoms with Crippen molar-refractivity contribution < 1.29 is 29.3 Å². The highest BCUT2D eigenvalue weighted by Gasteiger charge is 2.23. The van der Waals surface area contributed by atoms with Gasteiger partial charge in [-0.3, -0.25) is 4.90 Å². The molecular weight excluding hydrogens is 491 g/mol. The van der Waals surface area contributed by atoms with E-state index in [4.69, 9.17) is 52.5 Å². The molecule has 11 heteroatoms. The van der Waals surface area contributed by atoms with E-state index in [2.05, 4.69) is 15.9 Å². The number of hydrogen-bond acceptors (Lipinski definition) is 7. The summed E-state index contributed by atoms with van der Waals surface area (Å²) in [6, 6.07) is 11.8. The number of carboxylic acid groups (broad SMARTS) is 2. The molecule has 4 rings (SSSR count).